The fraction of sp³-hybridized carbons (Fsp3) is 0.556. The number of hydrogen-bond donors (Lipinski definition) is 4. The summed E-state index contributed by atoms with van der Waals surface area (Å²) in [6, 6.07) is 6.63. The van der Waals surface area contributed by atoms with E-state index in [9.17, 15) is 19.5 Å². The minimum atomic E-state index is -0.679. The number of carbonyl (C=O) groups is 3. The van der Waals surface area contributed by atoms with Gasteiger partial charge < -0.3 is 26.0 Å². The van der Waals surface area contributed by atoms with E-state index in [0.29, 0.717) is 30.8 Å². The minimum absolute atomic E-state index is 0.0350. The molecule has 2 aromatic rings. The Morgan fingerprint density at radius 3 is 2.59 bits per heavy atom. The summed E-state index contributed by atoms with van der Waals surface area (Å²) >= 11 is 0. The fourth-order valence-corrected chi connectivity index (χ4v) is 6.20. The lowest BCUT2D eigenvalue weighted by Crippen LogP contribution is -2.53. The van der Waals surface area contributed by atoms with Gasteiger partial charge in [-0.3, -0.25) is 14.3 Å². The first-order chi connectivity index (χ1) is 17.8. The molecule has 10 nitrogen and oxygen atoms in total. The molecule has 1 saturated heterocycles. The highest BCUT2D eigenvalue weighted by Crippen LogP contribution is 2.37. The van der Waals surface area contributed by atoms with E-state index in [2.05, 4.69) is 21.0 Å². The molecule has 1 aromatic heterocycles. The van der Waals surface area contributed by atoms with Crippen LogP contribution in [0.3, 0.4) is 0 Å². The highest BCUT2D eigenvalue weighted by Gasteiger charge is 2.47. The average molecular weight is 509 g/mol. The molecule has 10 heteroatoms. The van der Waals surface area contributed by atoms with E-state index >= 15 is 0 Å². The van der Waals surface area contributed by atoms with Gasteiger partial charge in [0, 0.05) is 31.5 Å². The molecule has 2 fully saturated rings. The maximum absolute atomic E-state index is 13.5. The van der Waals surface area contributed by atoms with Crippen LogP contribution in [0.2, 0.25) is 0 Å². The number of amides is 4. The topological polar surface area (TPSA) is 129 Å². The van der Waals surface area contributed by atoms with Crippen molar-refractivity contribution in [2.45, 2.75) is 69.5 Å². The molecule has 0 bridgehead atoms. The number of hydrogen-bond acceptors (Lipinski definition) is 5. The molecule has 3 aliphatic rings. The van der Waals surface area contributed by atoms with Crippen LogP contribution in [-0.2, 0) is 24.7 Å². The van der Waals surface area contributed by atoms with Crippen LogP contribution in [-0.4, -0.2) is 68.4 Å². The smallest absolute Gasteiger partial charge is 0.318 e. The monoisotopic (exact) mass is 508 g/mol. The Kier molecular flexibility index (Phi) is 6.94. The number of aliphatic hydroxyl groups is 1. The predicted molar refractivity (Wildman–Crippen MR) is 138 cm³/mol. The van der Waals surface area contributed by atoms with E-state index in [1.807, 2.05) is 25.1 Å². The standard InChI is InChI=1S/C27H36N6O4/c1-17-15-33(26(37)29-17)27(16-34)13-19-8-9-21(12-20(19)14-27)30-25(36)23(18-6-4-3-5-7-18)31-24(35)22-10-11-28-32(22)2/h8-12,17-18,23,34H,3-7,13-16H2,1-2H3,(H,29,37)(H,30,36)(H,31,35)/t17?,23-,27?/m0/s1. The number of rotatable bonds is 7. The molecule has 2 unspecified atom stereocenters. The van der Waals surface area contributed by atoms with Crippen molar-refractivity contribution in [2.75, 3.05) is 18.5 Å². The van der Waals surface area contributed by atoms with Crippen molar-refractivity contribution in [3.05, 3.63) is 47.3 Å². The second-order valence-corrected chi connectivity index (χ2v) is 10.9. The summed E-state index contributed by atoms with van der Waals surface area (Å²) < 4.78 is 1.50. The van der Waals surface area contributed by atoms with Crippen LogP contribution in [0.25, 0.3) is 0 Å². The lowest BCUT2D eigenvalue weighted by molar-refractivity contribution is -0.119. The molecule has 1 aromatic carbocycles. The number of nitrogens with one attached hydrogen (secondary N) is 3. The quantitative estimate of drug-likeness (QED) is 0.455. The number of anilines is 1. The Labute approximate surface area is 216 Å². The molecule has 1 aliphatic heterocycles. The summed E-state index contributed by atoms with van der Waals surface area (Å²) in [4.78, 5) is 40.8. The Hall–Kier alpha value is -3.40. The Bertz CT molecular complexity index is 1190. The number of aromatic nitrogens is 2. The number of benzene rings is 1. The summed E-state index contributed by atoms with van der Waals surface area (Å²) in [5.41, 5.74) is 2.45. The second-order valence-electron chi connectivity index (χ2n) is 10.9. The van der Waals surface area contributed by atoms with Gasteiger partial charge in [0.2, 0.25) is 5.91 Å². The molecule has 3 atom stereocenters. The van der Waals surface area contributed by atoms with E-state index in [4.69, 9.17) is 0 Å². The largest absolute Gasteiger partial charge is 0.394 e. The normalized spacial score (nSPS) is 24.5. The highest BCUT2D eigenvalue weighted by molar-refractivity contribution is 6.00. The van der Waals surface area contributed by atoms with Crippen molar-refractivity contribution in [2.24, 2.45) is 13.0 Å². The molecule has 1 saturated carbocycles. The molecule has 0 spiro atoms. The third-order valence-corrected chi connectivity index (χ3v) is 8.20. The Balaban J connectivity index is 1.32. The van der Waals surface area contributed by atoms with Gasteiger partial charge in [-0.25, -0.2) is 4.79 Å². The van der Waals surface area contributed by atoms with E-state index in [1.165, 1.54) is 4.68 Å². The average Bonchev–Trinajstić information content (AvgIpc) is 3.58. The van der Waals surface area contributed by atoms with Gasteiger partial charge in [-0.05, 0) is 67.9 Å². The van der Waals surface area contributed by atoms with Gasteiger partial charge in [-0.2, -0.15) is 5.10 Å². The third kappa shape index (κ3) is 4.94. The Morgan fingerprint density at radius 1 is 1.19 bits per heavy atom. The third-order valence-electron chi connectivity index (χ3n) is 8.20. The SMILES string of the molecule is CC1CN(C2(CO)Cc3ccc(NC(=O)[C@@H](NC(=O)c4ccnn4C)C4CCCCC4)cc3C2)C(=O)N1. The van der Waals surface area contributed by atoms with Crippen LogP contribution in [0.4, 0.5) is 10.5 Å². The fourth-order valence-electron chi connectivity index (χ4n) is 6.20. The summed E-state index contributed by atoms with van der Waals surface area (Å²) in [5.74, 6) is -0.481. The zero-order valence-electron chi connectivity index (χ0n) is 21.5. The number of urea groups is 1. The van der Waals surface area contributed by atoms with Crippen LogP contribution in [0.1, 0.15) is 60.6 Å². The zero-order valence-corrected chi connectivity index (χ0v) is 21.5. The van der Waals surface area contributed by atoms with Gasteiger partial charge in [-0.1, -0.05) is 25.3 Å². The second kappa shape index (κ2) is 10.2. The van der Waals surface area contributed by atoms with E-state index in [-0.39, 0.29) is 36.4 Å². The summed E-state index contributed by atoms with van der Waals surface area (Å²) in [7, 11) is 1.70. The molecule has 2 heterocycles. The van der Waals surface area contributed by atoms with Crippen molar-refractivity contribution in [1.29, 1.82) is 0 Å². The van der Waals surface area contributed by atoms with Crippen LogP contribution in [0, 0.1) is 5.92 Å². The number of aryl methyl sites for hydroxylation is 1. The van der Waals surface area contributed by atoms with Gasteiger partial charge in [0.25, 0.3) is 5.91 Å². The van der Waals surface area contributed by atoms with Crippen molar-refractivity contribution in [3.63, 3.8) is 0 Å². The molecule has 0 radical (unpaired) electrons. The van der Waals surface area contributed by atoms with Crippen LogP contribution >= 0.6 is 0 Å². The minimum Gasteiger partial charge on any atom is -0.394 e. The number of fused-ring (bicyclic) bond motifs is 1. The first kappa shape index (κ1) is 25.3. The molecule has 37 heavy (non-hydrogen) atoms. The van der Waals surface area contributed by atoms with E-state index in [1.54, 1.807) is 24.2 Å². The Morgan fingerprint density at radius 2 is 1.95 bits per heavy atom. The lowest BCUT2D eigenvalue weighted by atomic mass is 9.83. The summed E-state index contributed by atoms with van der Waals surface area (Å²) in [6.07, 6.45) is 7.67. The first-order valence-corrected chi connectivity index (χ1v) is 13.2. The molecular formula is C27H36N6O4. The van der Waals surface area contributed by atoms with Gasteiger partial charge in [0.15, 0.2) is 0 Å². The lowest BCUT2D eigenvalue weighted by Gasteiger charge is -2.36. The number of nitrogens with zero attached hydrogens (tertiary/aromatic N) is 3. The number of carbonyl (C=O) groups excluding carboxylic acids is 3. The molecule has 2 aliphatic carbocycles. The maximum atomic E-state index is 13.5. The van der Waals surface area contributed by atoms with Crippen molar-refractivity contribution in [1.82, 2.24) is 25.3 Å². The van der Waals surface area contributed by atoms with Crippen LogP contribution in [0.15, 0.2) is 30.5 Å². The van der Waals surface area contributed by atoms with Crippen molar-refractivity contribution >= 4 is 23.5 Å². The summed E-state index contributed by atoms with van der Waals surface area (Å²) in [5, 5.41) is 23.3. The zero-order chi connectivity index (χ0) is 26.2. The van der Waals surface area contributed by atoms with Crippen molar-refractivity contribution < 1.29 is 19.5 Å². The van der Waals surface area contributed by atoms with Gasteiger partial charge >= 0.3 is 6.03 Å². The molecule has 5 rings (SSSR count). The highest BCUT2D eigenvalue weighted by atomic mass is 16.3. The van der Waals surface area contributed by atoms with Crippen molar-refractivity contribution in [3.8, 4) is 0 Å². The predicted octanol–water partition coefficient (Wildman–Crippen LogP) is 1.98. The van der Waals surface area contributed by atoms with Gasteiger partial charge in [-0.15, -0.1) is 0 Å². The molecular weight excluding hydrogens is 472 g/mol. The summed E-state index contributed by atoms with van der Waals surface area (Å²) in [6.45, 7) is 2.37. The van der Waals surface area contributed by atoms with Crippen LogP contribution < -0.4 is 16.0 Å². The molecule has 4 N–H and O–H groups in total. The maximum Gasteiger partial charge on any atom is 0.318 e. The van der Waals surface area contributed by atoms with Crippen LogP contribution in [0.5, 0.6) is 0 Å². The molecule has 198 valence electrons. The van der Waals surface area contributed by atoms with E-state index < -0.39 is 11.6 Å². The van der Waals surface area contributed by atoms with Gasteiger partial charge in [0.1, 0.15) is 11.7 Å². The molecule has 4 amide bonds. The van der Waals surface area contributed by atoms with E-state index in [0.717, 1.165) is 43.2 Å². The first-order valence-electron chi connectivity index (χ1n) is 13.2. The van der Waals surface area contributed by atoms with Gasteiger partial charge in [0.05, 0.1) is 12.1 Å². The number of aliphatic hydroxyl groups excluding tert-OH is 1.